The lowest BCUT2D eigenvalue weighted by Gasteiger charge is -2.34. The van der Waals surface area contributed by atoms with Crippen molar-refractivity contribution in [3.63, 3.8) is 0 Å². The van der Waals surface area contributed by atoms with Gasteiger partial charge in [-0.25, -0.2) is 4.79 Å². The topological polar surface area (TPSA) is 56.8 Å². The van der Waals surface area contributed by atoms with Crippen LogP contribution in [0.15, 0.2) is 54.6 Å². The molecule has 2 amide bonds. The predicted molar refractivity (Wildman–Crippen MR) is 119 cm³/mol. The standard InChI is InChI=1S/C24H32N4O2/c29-24(26-18-22-17-21-9-4-5-10-23(21)30-22)25-11-6-12-27-13-15-28(16-14-27)19-20-7-2-1-3-8-20/h1-5,7-10,22H,6,11-19H2,(H2,25,26,29). The van der Waals surface area contributed by atoms with Crippen LogP contribution in [0, 0.1) is 0 Å². The molecule has 2 aromatic carbocycles. The molecule has 2 N–H and O–H groups in total. The molecule has 4 rings (SSSR count). The lowest BCUT2D eigenvalue weighted by Crippen LogP contribution is -2.46. The Morgan fingerprint density at radius 3 is 2.47 bits per heavy atom. The number of hydrogen-bond donors (Lipinski definition) is 2. The van der Waals surface area contributed by atoms with Gasteiger partial charge in [-0.15, -0.1) is 0 Å². The summed E-state index contributed by atoms with van der Waals surface area (Å²) < 4.78 is 5.86. The van der Waals surface area contributed by atoms with E-state index in [4.69, 9.17) is 4.74 Å². The summed E-state index contributed by atoms with van der Waals surface area (Å²) >= 11 is 0. The van der Waals surface area contributed by atoms with Crippen LogP contribution in [-0.2, 0) is 13.0 Å². The van der Waals surface area contributed by atoms with Gasteiger partial charge in [-0.1, -0.05) is 48.5 Å². The van der Waals surface area contributed by atoms with E-state index in [2.05, 4.69) is 56.8 Å². The van der Waals surface area contributed by atoms with Crippen molar-refractivity contribution in [3.05, 3.63) is 65.7 Å². The molecule has 160 valence electrons. The summed E-state index contributed by atoms with van der Waals surface area (Å²) in [6.07, 6.45) is 1.85. The quantitative estimate of drug-likeness (QED) is 0.659. The Balaban J connectivity index is 1.04. The van der Waals surface area contributed by atoms with E-state index in [1.54, 1.807) is 0 Å². The van der Waals surface area contributed by atoms with Gasteiger partial charge in [0.15, 0.2) is 0 Å². The fraction of sp³-hybridized carbons (Fsp3) is 0.458. The highest BCUT2D eigenvalue weighted by molar-refractivity contribution is 5.73. The molecule has 1 atom stereocenters. The average molecular weight is 409 g/mol. The number of nitrogens with one attached hydrogen (secondary N) is 2. The molecule has 0 bridgehead atoms. The number of nitrogens with zero attached hydrogens (tertiary/aromatic N) is 2. The predicted octanol–water partition coefficient (Wildman–Crippen LogP) is 2.50. The zero-order valence-electron chi connectivity index (χ0n) is 17.6. The molecular weight excluding hydrogens is 376 g/mol. The molecule has 1 saturated heterocycles. The van der Waals surface area contributed by atoms with Gasteiger partial charge in [0, 0.05) is 45.7 Å². The molecule has 2 aliphatic rings. The average Bonchev–Trinajstić information content (AvgIpc) is 3.20. The Kier molecular flexibility index (Phi) is 7.21. The minimum atomic E-state index is -0.109. The molecular formula is C24H32N4O2. The highest BCUT2D eigenvalue weighted by Gasteiger charge is 2.22. The van der Waals surface area contributed by atoms with E-state index >= 15 is 0 Å². The summed E-state index contributed by atoms with van der Waals surface area (Å²) in [7, 11) is 0. The first-order valence-corrected chi connectivity index (χ1v) is 11.0. The summed E-state index contributed by atoms with van der Waals surface area (Å²) in [5, 5.41) is 5.90. The van der Waals surface area contributed by atoms with Gasteiger partial charge in [0.2, 0.25) is 0 Å². The number of benzene rings is 2. The number of fused-ring (bicyclic) bond motifs is 1. The first-order valence-electron chi connectivity index (χ1n) is 11.0. The normalized spacial score (nSPS) is 19.1. The maximum atomic E-state index is 12.0. The summed E-state index contributed by atoms with van der Waals surface area (Å²) in [5.41, 5.74) is 2.60. The van der Waals surface area contributed by atoms with Crippen LogP contribution in [0.5, 0.6) is 5.75 Å². The first-order chi connectivity index (χ1) is 14.8. The number of piperazine rings is 1. The number of amides is 2. The fourth-order valence-electron chi connectivity index (χ4n) is 4.15. The van der Waals surface area contributed by atoms with Crippen LogP contribution in [0.4, 0.5) is 4.79 Å². The second kappa shape index (κ2) is 10.5. The highest BCUT2D eigenvalue weighted by Crippen LogP contribution is 2.27. The van der Waals surface area contributed by atoms with Gasteiger partial charge in [-0.2, -0.15) is 0 Å². The van der Waals surface area contributed by atoms with Crippen molar-refractivity contribution in [1.29, 1.82) is 0 Å². The van der Waals surface area contributed by atoms with Gasteiger partial charge in [0.05, 0.1) is 6.54 Å². The van der Waals surface area contributed by atoms with Crippen molar-refractivity contribution in [1.82, 2.24) is 20.4 Å². The number of urea groups is 1. The zero-order chi connectivity index (χ0) is 20.6. The van der Waals surface area contributed by atoms with Gasteiger partial charge < -0.3 is 20.3 Å². The lowest BCUT2D eigenvalue weighted by atomic mass is 10.1. The van der Waals surface area contributed by atoms with Gasteiger partial charge in [0.1, 0.15) is 11.9 Å². The first kappa shape index (κ1) is 20.7. The van der Waals surface area contributed by atoms with Crippen molar-refractivity contribution in [2.24, 2.45) is 0 Å². The van der Waals surface area contributed by atoms with Gasteiger partial charge in [-0.3, -0.25) is 4.90 Å². The molecule has 0 spiro atoms. The molecule has 6 heteroatoms. The highest BCUT2D eigenvalue weighted by atomic mass is 16.5. The SMILES string of the molecule is O=C(NCCCN1CCN(Cc2ccccc2)CC1)NCC1Cc2ccccc2O1. The monoisotopic (exact) mass is 408 g/mol. The van der Waals surface area contributed by atoms with Crippen LogP contribution >= 0.6 is 0 Å². The molecule has 0 aromatic heterocycles. The van der Waals surface area contributed by atoms with E-state index in [0.29, 0.717) is 13.1 Å². The Bertz CT molecular complexity index is 781. The Morgan fingerprint density at radius 2 is 1.67 bits per heavy atom. The van der Waals surface area contributed by atoms with Crippen LogP contribution in [-0.4, -0.2) is 67.7 Å². The number of carbonyl (C=O) groups excluding carboxylic acids is 1. The third-order valence-electron chi connectivity index (χ3n) is 5.85. The second-order valence-electron chi connectivity index (χ2n) is 8.15. The summed E-state index contributed by atoms with van der Waals surface area (Å²) in [6.45, 7) is 7.69. The maximum absolute atomic E-state index is 12.0. The van der Waals surface area contributed by atoms with Gasteiger partial charge >= 0.3 is 6.03 Å². The number of ether oxygens (including phenoxy) is 1. The van der Waals surface area contributed by atoms with Crippen molar-refractivity contribution in [2.75, 3.05) is 45.8 Å². The van der Waals surface area contributed by atoms with Gasteiger partial charge in [0.25, 0.3) is 0 Å². The summed E-state index contributed by atoms with van der Waals surface area (Å²) in [6, 6.07) is 18.6. The number of carbonyl (C=O) groups is 1. The van der Waals surface area contributed by atoms with Crippen LogP contribution in [0.3, 0.4) is 0 Å². The number of hydrogen-bond acceptors (Lipinski definition) is 4. The number of rotatable bonds is 8. The molecule has 0 saturated carbocycles. The summed E-state index contributed by atoms with van der Waals surface area (Å²) in [4.78, 5) is 17.0. The number of para-hydroxylation sites is 1. The minimum Gasteiger partial charge on any atom is -0.488 e. The van der Waals surface area contributed by atoms with E-state index in [9.17, 15) is 4.79 Å². The third-order valence-corrected chi connectivity index (χ3v) is 5.85. The van der Waals surface area contributed by atoms with Crippen molar-refractivity contribution < 1.29 is 9.53 Å². The second-order valence-corrected chi connectivity index (χ2v) is 8.15. The van der Waals surface area contributed by atoms with E-state index in [0.717, 1.165) is 57.9 Å². The molecule has 6 nitrogen and oxygen atoms in total. The largest absolute Gasteiger partial charge is 0.488 e. The molecule has 0 radical (unpaired) electrons. The molecule has 1 fully saturated rings. The van der Waals surface area contributed by atoms with E-state index in [1.165, 1.54) is 11.1 Å². The lowest BCUT2D eigenvalue weighted by molar-refractivity contribution is 0.126. The molecule has 1 unspecified atom stereocenters. The van der Waals surface area contributed by atoms with Crippen LogP contribution in [0.2, 0.25) is 0 Å². The fourth-order valence-corrected chi connectivity index (χ4v) is 4.15. The Hall–Kier alpha value is -2.57. The van der Waals surface area contributed by atoms with Crippen molar-refractivity contribution >= 4 is 6.03 Å². The molecule has 30 heavy (non-hydrogen) atoms. The van der Waals surface area contributed by atoms with E-state index in [-0.39, 0.29) is 12.1 Å². The van der Waals surface area contributed by atoms with Crippen molar-refractivity contribution in [2.45, 2.75) is 25.5 Å². The van der Waals surface area contributed by atoms with Crippen LogP contribution < -0.4 is 15.4 Å². The molecule has 2 aliphatic heterocycles. The Labute approximate surface area is 179 Å². The van der Waals surface area contributed by atoms with E-state index in [1.807, 2.05) is 18.2 Å². The molecule has 0 aliphatic carbocycles. The minimum absolute atomic E-state index is 0.0281. The smallest absolute Gasteiger partial charge is 0.314 e. The van der Waals surface area contributed by atoms with Crippen LogP contribution in [0.1, 0.15) is 17.5 Å². The Morgan fingerprint density at radius 1 is 0.933 bits per heavy atom. The van der Waals surface area contributed by atoms with E-state index < -0.39 is 0 Å². The third kappa shape index (κ3) is 5.97. The zero-order valence-corrected chi connectivity index (χ0v) is 17.6. The molecule has 2 aromatic rings. The summed E-state index contributed by atoms with van der Waals surface area (Å²) in [5.74, 6) is 0.938. The van der Waals surface area contributed by atoms with Crippen molar-refractivity contribution in [3.8, 4) is 5.75 Å². The maximum Gasteiger partial charge on any atom is 0.314 e. The van der Waals surface area contributed by atoms with Gasteiger partial charge in [-0.05, 0) is 30.2 Å². The molecule has 2 heterocycles. The van der Waals surface area contributed by atoms with Crippen LogP contribution in [0.25, 0.3) is 0 Å².